The highest BCUT2D eigenvalue weighted by Crippen LogP contribution is 2.30. The molecule has 0 heterocycles. The van der Waals surface area contributed by atoms with Crippen LogP contribution >= 0.6 is 0 Å². The third kappa shape index (κ3) is 4.34. The number of rotatable bonds is 5. The van der Waals surface area contributed by atoms with Crippen LogP contribution in [0.2, 0.25) is 0 Å². The molecule has 1 amide bonds. The van der Waals surface area contributed by atoms with Crippen molar-refractivity contribution in [1.29, 1.82) is 0 Å². The molecule has 4 heteroatoms. The first kappa shape index (κ1) is 17.5. The first-order chi connectivity index (χ1) is 10.8. The standard InChI is InChI=1S/C19H27NO3/c1-13-6-4-5-7-16(13)19(2,3)12-20-17(21)14-8-10-15(11-9-14)18(22)23/h4-7,14-15H,8-12H2,1-3H3,(H,20,21)(H,22,23). The maximum absolute atomic E-state index is 12.4. The van der Waals surface area contributed by atoms with Crippen LogP contribution in [-0.4, -0.2) is 23.5 Å². The normalized spacial score (nSPS) is 21.7. The summed E-state index contributed by atoms with van der Waals surface area (Å²) in [5.41, 5.74) is 2.35. The molecule has 0 atom stereocenters. The lowest BCUT2D eigenvalue weighted by atomic mass is 9.80. The predicted octanol–water partition coefficient (Wildman–Crippen LogP) is 3.28. The number of hydrogen-bond acceptors (Lipinski definition) is 2. The molecule has 0 radical (unpaired) electrons. The minimum Gasteiger partial charge on any atom is -0.481 e. The van der Waals surface area contributed by atoms with Gasteiger partial charge in [0.1, 0.15) is 0 Å². The fourth-order valence-corrected chi connectivity index (χ4v) is 3.48. The van der Waals surface area contributed by atoms with Gasteiger partial charge in [0.2, 0.25) is 5.91 Å². The van der Waals surface area contributed by atoms with Gasteiger partial charge in [-0.25, -0.2) is 0 Å². The zero-order valence-electron chi connectivity index (χ0n) is 14.3. The highest BCUT2D eigenvalue weighted by Gasteiger charge is 2.31. The molecule has 0 bridgehead atoms. The smallest absolute Gasteiger partial charge is 0.306 e. The molecule has 1 aliphatic carbocycles. The Labute approximate surface area is 138 Å². The Morgan fingerprint density at radius 2 is 1.70 bits per heavy atom. The minimum atomic E-state index is -0.732. The first-order valence-electron chi connectivity index (χ1n) is 8.38. The van der Waals surface area contributed by atoms with Crippen LogP contribution in [0.25, 0.3) is 0 Å². The third-order valence-electron chi connectivity index (χ3n) is 5.03. The summed E-state index contributed by atoms with van der Waals surface area (Å²) in [5, 5.41) is 12.1. The van der Waals surface area contributed by atoms with Gasteiger partial charge in [0.25, 0.3) is 0 Å². The van der Waals surface area contributed by atoms with E-state index in [0.29, 0.717) is 32.2 Å². The van der Waals surface area contributed by atoms with E-state index in [1.54, 1.807) is 0 Å². The lowest BCUT2D eigenvalue weighted by molar-refractivity contribution is -0.144. The molecule has 0 saturated heterocycles. The fraction of sp³-hybridized carbons (Fsp3) is 0.579. The van der Waals surface area contributed by atoms with Crippen LogP contribution in [0.3, 0.4) is 0 Å². The van der Waals surface area contributed by atoms with E-state index in [9.17, 15) is 9.59 Å². The molecule has 0 aromatic heterocycles. The molecular weight excluding hydrogens is 290 g/mol. The van der Waals surface area contributed by atoms with E-state index in [2.05, 4.69) is 38.2 Å². The fourth-order valence-electron chi connectivity index (χ4n) is 3.48. The van der Waals surface area contributed by atoms with Crippen LogP contribution in [0, 0.1) is 18.8 Å². The summed E-state index contributed by atoms with van der Waals surface area (Å²) in [6.45, 7) is 6.95. The number of amides is 1. The summed E-state index contributed by atoms with van der Waals surface area (Å²) in [6.07, 6.45) is 2.56. The van der Waals surface area contributed by atoms with Crippen LogP contribution in [-0.2, 0) is 15.0 Å². The average molecular weight is 317 g/mol. The molecule has 1 aromatic rings. The van der Waals surface area contributed by atoms with E-state index in [1.807, 2.05) is 12.1 Å². The van der Waals surface area contributed by atoms with Crippen molar-refractivity contribution < 1.29 is 14.7 Å². The number of carboxylic acids is 1. The van der Waals surface area contributed by atoms with Crippen molar-refractivity contribution in [3.8, 4) is 0 Å². The molecule has 2 rings (SSSR count). The first-order valence-corrected chi connectivity index (χ1v) is 8.38. The Balaban J connectivity index is 1.89. The van der Waals surface area contributed by atoms with Gasteiger partial charge in [-0.05, 0) is 43.7 Å². The Bertz CT molecular complexity index is 572. The Hall–Kier alpha value is -1.84. The van der Waals surface area contributed by atoms with Gasteiger partial charge in [-0.3, -0.25) is 9.59 Å². The number of benzene rings is 1. The van der Waals surface area contributed by atoms with Crippen LogP contribution in [0.4, 0.5) is 0 Å². The molecule has 4 nitrogen and oxygen atoms in total. The zero-order valence-corrected chi connectivity index (χ0v) is 14.3. The number of aliphatic carboxylic acids is 1. The van der Waals surface area contributed by atoms with Gasteiger partial charge >= 0.3 is 5.97 Å². The zero-order chi connectivity index (χ0) is 17.0. The van der Waals surface area contributed by atoms with Crippen LogP contribution < -0.4 is 5.32 Å². The van der Waals surface area contributed by atoms with Gasteiger partial charge < -0.3 is 10.4 Å². The Morgan fingerprint density at radius 1 is 1.13 bits per heavy atom. The molecule has 0 aliphatic heterocycles. The van der Waals surface area contributed by atoms with Crippen LogP contribution in [0.5, 0.6) is 0 Å². The van der Waals surface area contributed by atoms with Crippen molar-refractivity contribution >= 4 is 11.9 Å². The topological polar surface area (TPSA) is 66.4 Å². The van der Waals surface area contributed by atoms with E-state index in [4.69, 9.17) is 5.11 Å². The highest BCUT2D eigenvalue weighted by molar-refractivity contribution is 5.79. The molecule has 23 heavy (non-hydrogen) atoms. The van der Waals surface area contributed by atoms with Crippen molar-refractivity contribution in [1.82, 2.24) is 5.32 Å². The van der Waals surface area contributed by atoms with E-state index in [-0.39, 0.29) is 23.2 Å². The summed E-state index contributed by atoms with van der Waals surface area (Å²) in [6, 6.07) is 8.25. The van der Waals surface area contributed by atoms with Gasteiger partial charge in [0, 0.05) is 17.9 Å². The maximum atomic E-state index is 12.4. The molecule has 0 spiro atoms. The lowest BCUT2D eigenvalue weighted by Crippen LogP contribution is -2.41. The second-order valence-corrected chi connectivity index (χ2v) is 7.30. The molecule has 0 unspecified atom stereocenters. The average Bonchev–Trinajstić information content (AvgIpc) is 2.53. The van der Waals surface area contributed by atoms with Crippen molar-refractivity contribution in [3.05, 3.63) is 35.4 Å². The van der Waals surface area contributed by atoms with Gasteiger partial charge in [0.15, 0.2) is 0 Å². The summed E-state index contributed by atoms with van der Waals surface area (Å²) < 4.78 is 0. The summed E-state index contributed by atoms with van der Waals surface area (Å²) >= 11 is 0. The number of carbonyl (C=O) groups excluding carboxylic acids is 1. The van der Waals surface area contributed by atoms with Crippen molar-refractivity contribution in [3.63, 3.8) is 0 Å². The largest absolute Gasteiger partial charge is 0.481 e. The molecule has 1 aromatic carbocycles. The van der Waals surface area contributed by atoms with E-state index in [0.717, 1.165) is 0 Å². The van der Waals surface area contributed by atoms with Gasteiger partial charge in [-0.15, -0.1) is 0 Å². The molecule has 126 valence electrons. The van der Waals surface area contributed by atoms with Crippen molar-refractivity contribution in [2.24, 2.45) is 11.8 Å². The van der Waals surface area contributed by atoms with E-state index >= 15 is 0 Å². The SMILES string of the molecule is Cc1ccccc1C(C)(C)CNC(=O)C1CCC(C(=O)O)CC1. The number of carboxylic acid groups (broad SMARTS) is 1. The second kappa shape index (κ2) is 7.16. The Morgan fingerprint density at radius 3 is 2.26 bits per heavy atom. The van der Waals surface area contributed by atoms with Gasteiger partial charge in [0.05, 0.1) is 5.92 Å². The maximum Gasteiger partial charge on any atom is 0.306 e. The lowest BCUT2D eigenvalue weighted by Gasteiger charge is -2.30. The molecule has 2 N–H and O–H groups in total. The Kier molecular flexibility index (Phi) is 5.45. The summed E-state index contributed by atoms with van der Waals surface area (Å²) in [4.78, 5) is 23.4. The number of aryl methyl sites for hydroxylation is 1. The second-order valence-electron chi connectivity index (χ2n) is 7.30. The van der Waals surface area contributed by atoms with Crippen LogP contribution in [0.15, 0.2) is 24.3 Å². The molecule has 1 aliphatic rings. The number of carbonyl (C=O) groups is 2. The quantitative estimate of drug-likeness (QED) is 0.876. The van der Waals surface area contributed by atoms with E-state index < -0.39 is 5.97 Å². The highest BCUT2D eigenvalue weighted by atomic mass is 16.4. The number of nitrogens with one attached hydrogen (secondary N) is 1. The van der Waals surface area contributed by atoms with E-state index in [1.165, 1.54) is 11.1 Å². The summed E-state index contributed by atoms with van der Waals surface area (Å²) in [7, 11) is 0. The minimum absolute atomic E-state index is 0.0433. The molecule has 1 fully saturated rings. The summed E-state index contributed by atoms with van der Waals surface area (Å²) in [5.74, 6) is -0.985. The van der Waals surface area contributed by atoms with Crippen molar-refractivity contribution in [2.75, 3.05) is 6.54 Å². The predicted molar refractivity (Wildman–Crippen MR) is 90.3 cm³/mol. The number of hydrogen-bond donors (Lipinski definition) is 2. The monoisotopic (exact) mass is 317 g/mol. The van der Waals surface area contributed by atoms with Gasteiger partial charge in [-0.1, -0.05) is 38.1 Å². The third-order valence-corrected chi connectivity index (χ3v) is 5.03. The van der Waals surface area contributed by atoms with Crippen molar-refractivity contribution in [2.45, 2.75) is 51.9 Å². The molecule has 1 saturated carbocycles. The molecular formula is C19H27NO3. The van der Waals surface area contributed by atoms with Crippen LogP contribution in [0.1, 0.15) is 50.7 Å². The van der Waals surface area contributed by atoms with Gasteiger partial charge in [-0.2, -0.15) is 0 Å².